The lowest BCUT2D eigenvalue weighted by molar-refractivity contribution is -0.134. The third kappa shape index (κ3) is 1.86. The largest absolute Gasteiger partial charge is 0.336 e. The summed E-state index contributed by atoms with van der Waals surface area (Å²) < 4.78 is 23.4. The van der Waals surface area contributed by atoms with E-state index in [0.29, 0.717) is 18.5 Å². The van der Waals surface area contributed by atoms with Gasteiger partial charge in [-0.3, -0.25) is 9.59 Å². The quantitative estimate of drug-likeness (QED) is 0.772. The highest BCUT2D eigenvalue weighted by molar-refractivity contribution is 7.95. The van der Waals surface area contributed by atoms with Crippen molar-refractivity contribution in [2.24, 2.45) is 0 Å². The Balaban J connectivity index is 1.84. The molecular formula is C14H15NO4S. The van der Waals surface area contributed by atoms with Crippen LogP contribution in [0.25, 0.3) is 0 Å². The fraction of sp³-hybridized carbons (Fsp3) is 0.429. The van der Waals surface area contributed by atoms with Crippen molar-refractivity contribution in [2.45, 2.75) is 30.4 Å². The Morgan fingerprint density at radius 2 is 2.05 bits per heavy atom. The minimum Gasteiger partial charge on any atom is -0.336 e. The first kappa shape index (κ1) is 13.3. The molecule has 1 aromatic carbocycles. The summed E-state index contributed by atoms with van der Waals surface area (Å²) in [6.45, 7) is 2.03. The number of Topliss-reactive ketones (excluding diaryl/α,β-unsaturated/α-hetero) is 1. The Bertz CT molecular complexity index is 695. The third-order valence-electron chi connectivity index (χ3n) is 4.11. The predicted molar refractivity (Wildman–Crippen MR) is 73.0 cm³/mol. The van der Waals surface area contributed by atoms with Crippen molar-refractivity contribution in [1.82, 2.24) is 4.90 Å². The van der Waals surface area contributed by atoms with Crippen LogP contribution in [0, 0.1) is 0 Å². The molecule has 3 aliphatic heterocycles. The van der Waals surface area contributed by atoms with Gasteiger partial charge in [-0.1, -0.05) is 24.3 Å². The molecule has 5 nitrogen and oxygen atoms in total. The molecule has 1 aromatic rings. The monoisotopic (exact) mass is 293 g/mol. The zero-order chi connectivity index (χ0) is 14.5. The number of benzene rings is 1. The van der Waals surface area contributed by atoms with Gasteiger partial charge in [-0.2, -0.15) is 0 Å². The Morgan fingerprint density at radius 3 is 2.65 bits per heavy atom. The molecule has 0 aromatic heterocycles. The molecule has 3 fully saturated rings. The number of hydrogen-bond acceptors (Lipinski definition) is 4. The van der Waals surface area contributed by atoms with Crippen LogP contribution in [0.3, 0.4) is 0 Å². The van der Waals surface area contributed by atoms with Gasteiger partial charge in [-0.15, -0.1) is 0 Å². The van der Waals surface area contributed by atoms with Gasteiger partial charge >= 0.3 is 0 Å². The molecule has 3 aliphatic rings. The molecule has 1 amide bonds. The van der Waals surface area contributed by atoms with E-state index >= 15 is 0 Å². The van der Waals surface area contributed by atoms with Gasteiger partial charge < -0.3 is 4.90 Å². The van der Waals surface area contributed by atoms with E-state index in [-0.39, 0.29) is 18.2 Å². The van der Waals surface area contributed by atoms with E-state index < -0.39 is 20.3 Å². The molecule has 2 atom stereocenters. The smallest absolute Gasteiger partial charge is 0.241 e. The Labute approximate surface area is 117 Å². The maximum Gasteiger partial charge on any atom is 0.241 e. The highest BCUT2D eigenvalue weighted by Gasteiger charge is 2.56. The molecule has 106 valence electrons. The lowest BCUT2D eigenvalue weighted by Crippen LogP contribution is -2.64. The van der Waals surface area contributed by atoms with Crippen LogP contribution in [-0.4, -0.2) is 42.1 Å². The van der Waals surface area contributed by atoms with E-state index in [1.165, 1.54) is 6.92 Å². The van der Waals surface area contributed by atoms with Crippen molar-refractivity contribution in [3.8, 4) is 0 Å². The van der Waals surface area contributed by atoms with Crippen molar-refractivity contribution in [2.75, 3.05) is 6.54 Å². The van der Waals surface area contributed by atoms with Crippen molar-refractivity contribution >= 4 is 21.5 Å². The molecule has 0 N–H and O–H groups in total. The minimum atomic E-state index is -3.22. The van der Waals surface area contributed by atoms with Crippen LogP contribution in [0.5, 0.6) is 0 Å². The van der Waals surface area contributed by atoms with Crippen molar-refractivity contribution in [1.29, 1.82) is 0 Å². The standard InChI is InChI=1S/C14H15NO4S/c1-9(16)12-5-3-2-4-10(12)7-15-8-11-6-13(14(15)17)20(11,18)19/h2-5,11,13H,6-8H2,1H3. The van der Waals surface area contributed by atoms with Gasteiger partial charge in [0.25, 0.3) is 0 Å². The van der Waals surface area contributed by atoms with Crippen LogP contribution in [0.2, 0.25) is 0 Å². The fourth-order valence-corrected chi connectivity index (χ4v) is 4.81. The first-order valence-corrected chi connectivity index (χ1v) is 8.12. The molecule has 2 bridgehead atoms. The molecule has 2 unspecified atom stereocenters. The molecule has 20 heavy (non-hydrogen) atoms. The van der Waals surface area contributed by atoms with E-state index in [4.69, 9.17) is 0 Å². The van der Waals surface area contributed by atoms with Crippen LogP contribution >= 0.6 is 0 Å². The van der Waals surface area contributed by atoms with Gasteiger partial charge in [0, 0.05) is 18.7 Å². The number of sulfone groups is 1. The normalized spacial score (nSPS) is 27.1. The summed E-state index contributed by atoms with van der Waals surface area (Å²) >= 11 is 0. The van der Waals surface area contributed by atoms with E-state index in [1.54, 1.807) is 23.1 Å². The van der Waals surface area contributed by atoms with Crippen molar-refractivity contribution in [3.63, 3.8) is 0 Å². The topological polar surface area (TPSA) is 71.5 Å². The van der Waals surface area contributed by atoms with Crippen LogP contribution < -0.4 is 0 Å². The second-order valence-corrected chi connectivity index (χ2v) is 7.78. The zero-order valence-electron chi connectivity index (χ0n) is 11.1. The van der Waals surface area contributed by atoms with Crippen LogP contribution in [0.1, 0.15) is 29.3 Å². The Kier molecular flexibility index (Phi) is 2.93. The highest BCUT2D eigenvalue weighted by atomic mass is 32.2. The number of fused-ring (bicyclic) bond motifs is 2. The first-order valence-electron chi connectivity index (χ1n) is 6.51. The zero-order valence-corrected chi connectivity index (χ0v) is 11.9. The maximum atomic E-state index is 12.1. The van der Waals surface area contributed by atoms with Gasteiger partial charge in [0.05, 0.1) is 5.25 Å². The molecular weight excluding hydrogens is 278 g/mol. The summed E-state index contributed by atoms with van der Waals surface area (Å²) in [6, 6.07) is 7.12. The van der Waals surface area contributed by atoms with E-state index in [9.17, 15) is 18.0 Å². The van der Waals surface area contributed by atoms with Gasteiger partial charge in [0.1, 0.15) is 5.25 Å². The van der Waals surface area contributed by atoms with Crippen LogP contribution in [-0.2, 0) is 21.2 Å². The number of nitrogens with zero attached hydrogens (tertiary/aromatic N) is 1. The SMILES string of the molecule is CC(=O)c1ccccc1CN1CC2CC(C1=O)S2(=O)=O. The molecule has 6 heteroatoms. The van der Waals surface area contributed by atoms with Crippen LogP contribution in [0.4, 0.5) is 0 Å². The molecule has 0 spiro atoms. The average molecular weight is 293 g/mol. The molecule has 3 saturated heterocycles. The van der Waals surface area contributed by atoms with E-state index in [2.05, 4.69) is 0 Å². The average Bonchev–Trinajstić information content (AvgIpc) is 2.40. The highest BCUT2D eigenvalue weighted by Crippen LogP contribution is 2.37. The summed E-state index contributed by atoms with van der Waals surface area (Å²) in [5.74, 6) is -0.381. The molecule has 0 radical (unpaired) electrons. The minimum absolute atomic E-state index is 0.0529. The molecule has 0 saturated carbocycles. The van der Waals surface area contributed by atoms with Crippen molar-refractivity contribution < 1.29 is 18.0 Å². The number of hydrogen-bond donors (Lipinski definition) is 0. The molecule has 0 aliphatic carbocycles. The summed E-state index contributed by atoms with van der Waals surface area (Å²) in [4.78, 5) is 25.2. The van der Waals surface area contributed by atoms with E-state index in [1.807, 2.05) is 6.07 Å². The van der Waals surface area contributed by atoms with Crippen LogP contribution in [0.15, 0.2) is 24.3 Å². The van der Waals surface area contributed by atoms with Gasteiger partial charge in [0.2, 0.25) is 5.91 Å². The lowest BCUT2D eigenvalue weighted by Gasteiger charge is -2.45. The first-order chi connectivity index (χ1) is 9.41. The number of rotatable bonds is 3. The summed E-state index contributed by atoms with van der Waals surface area (Å²) in [5, 5.41) is -1.28. The summed E-state index contributed by atoms with van der Waals surface area (Å²) in [6.07, 6.45) is 0.450. The fourth-order valence-electron chi connectivity index (χ4n) is 2.93. The van der Waals surface area contributed by atoms with Crippen molar-refractivity contribution in [3.05, 3.63) is 35.4 Å². The number of carbonyl (C=O) groups excluding carboxylic acids is 2. The summed E-state index contributed by atoms with van der Waals surface area (Å²) in [7, 11) is -3.22. The maximum absolute atomic E-state index is 12.1. The Hall–Kier alpha value is -1.69. The predicted octanol–water partition coefficient (Wildman–Crippen LogP) is 0.787. The van der Waals surface area contributed by atoms with Gasteiger partial charge in [0.15, 0.2) is 15.6 Å². The third-order valence-corrected chi connectivity index (χ3v) is 6.57. The molecule has 3 heterocycles. The van der Waals surface area contributed by atoms with Gasteiger partial charge in [-0.25, -0.2) is 8.42 Å². The number of ketones is 1. The van der Waals surface area contributed by atoms with Gasteiger partial charge in [-0.05, 0) is 18.9 Å². The lowest BCUT2D eigenvalue weighted by atomic mass is 10.0. The number of piperidine rings is 1. The number of carbonyl (C=O) groups is 2. The molecule has 4 rings (SSSR count). The number of amides is 1. The second kappa shape index (κ2) is 4.41. The Morgan fingerprint density at radius 1 is 1.35 bits per heavy atom. The second-order valence-electron chi connectivity index (χ2n) is 5.37. The van der Waals surface area contributed by atoms with E-state index in [0.717, 1.165) is 5.56 Å². The summed E-state index contributed by atoms with van der Waals surface area (Å²) in [5.41, 5.74) is 1.36.